The summed E-state index contributed by atoms with van der Waals surface area (Å²) >= 11 is 1.21. The Hall–Kier alpha value is -2.68. The molecule has 9 heteroatoms. The predicted molar refractivity (Wildman–Crippen MR) is 112 cm³/mol. The van der Waals surface area contributed by atoms with E-state index in [-0.39, 0.29) is 21.4 Å². The van der Waals surface area contributed by atoms with E-state index in [1.165, 1.54) is 24.2 Å². The zero-order valence-corrected chi connectivity index (χ0v) is 17.7. The van der Waals surface area contributed by atoms with Crippen LogP contribution in [-0.2, 0) is 7.05 Å². The average molecular weight is 413 g/mol. The molecule has 29 heavy (non-hydrogen) atoms. The summed E-state index contributed by atoms with van der Waals surface area (Å²) in [6.45, 7) is 6.92. The fourth-order valence-corrected chi connectivity index (χ4v) is 5.19. The number of aryl methyl sites for hydroxylation is 1. The Morgan fingerprint density at radius 3 is 2.79 bits per heavy atom. The van der Waals surface area contributed by atoms with Crippen molar-refractivity contribution in [3.63, 3.8) is 0 Å². The van der Waals surface area contributed by atoms with E-state index in [0.717, 1.165) is 12.1 Å². The van der Waals surface area contributed by atoms with Gasteiger partial charge in [-0.05, 0) is 42.0 Å². The number of nitrogens with one attached hydrogen (secondary N) is 1. The van der Waals surface area contributed by atoms with Crippen molar-refractivity contribution in [1.29, 1.82) is 0 Å². The van der Waals surface area contributed by atoms with Gasteiger partial charge in [0.1, 0.15) is 6.33 Å². The standard InChI is InChI=1S/C20H24N6O2S/c1-19(2)14-7-8-20(19,3)17(10-14)23-21-11-13-5-6-16(15(9-13)26(27)28)29-18-24-22-12-25(18)4/h5-6,9-12,14,23H,7-8H2,1-4H3/b21-11-/t14-,20-/m0/s1. The molecule has 4 rings (SSSR count). The summed E-state index contributed by atoms with van der Waals surface area (Å²) in [7, 11) is 1.80. The van der Waals surface area contributed by atoms with E-state index in [2.05, 4.69) is 47.6 Å². The third kappa shape index (κ3) is 3.23. The molecule has 2 bridgehead atoms. The van der Waals surface area contributed by atoms with Crippen molar-refractivity contribution < 1.29 is 4.92 Å². The van der Waals surface area contributed by atoms with Crippen LogP contribution in [0.25, 0.3) is 0 Å². The molecule has 1 saturated carbocycles. The molecule has 1 heterocycles. The summed E-state index contributed by atoms with van der Waals surface area (Å²) in [6, 6.07) is 5.07. The van der Waals surface area contributed by atoms with Crippen molar-refractivity contribution in [2.75, 3.05) is 0 Å². The van der Waals surface area contributed by atoms with Gasteiger partial charge in [-0.25, -0.2) is 0 Å². The first-order valence-corrected chi connectivity index (χ1v) is 10.4. The summed E-state index contributed by atoms with van der Waals surface area (Å²) in [5, 5.41) is 24.3. The number of nitrogens with zero attached hydrogens (tertiary/aromatic N) is 5. The Bertz CT molecular complexity index is 1030. The lowest BCUT2D eigenvalue weighted by Crippen LogP contribution is -2.33. The normalized spacial score (nSPS) is 24.8. The summed E-state index contributed by atoms with van der Waals surface area (Å²) in [5.41, 5.74) is 5.36. The molecule has 1 fully saturated rings. The van der Waals surface area contributed by atoms with Crippen molar-refractivity contribution in [3.8, 4) is 0 Å². The Kier molecular flexibility index (Phi) is 4.72. The number of benzene rings is 1. The van der Waals surface area contributed by atoms with Crippen LogP contribution in [0.15, 0.2) is 51.5 Å². The molecule has 0 amide bonds. The predicted octanol–water partition coefficient (Wildman–Crippen LogP) is 4.14. The first-order chi connectivity index (χ1) is 13.7. The maximum Gasteiger partial charge on any atom is 0.283 e. The Labute approximate surface area is 173 Å². The van der Waals surface area contributed by atoms with Gasteiger partial charge in [-0.2, -0.15) is 5.10 Å². The molecule has 8 nitrogen and oxygen atoms in total. The average Bonchev–Trinajstić information content (AvgIpc) is 3.23. The first-order valence-electron chi connectivity index (χ1n) is 9.54. The summed E-state index contributed by atoms with van der Waals surface area (Å²) in [6.07, 6.45) is 7.86. The number of hydrogen-bond acceptors (Lipinski definition) is 7. The monoisotopic (exact) mass is 412 g/mol. The lowest BCUT2D eigenvalue weighted by Gasteiger charge is -2.36. The van der Waals surface area contributed by atoms with Crippen LogP contribution < -0.4 is 5.43 Å². The van der Waals surface area contributed by atoms with Gasteiger partial charge in [0.15, 0.2) is 5.16 Å². The molecule has 2 aliphatic carbocycles. The van der Waals surface area contributed by atoms with Crippen molar-refractivity contribution in [1.82, 2.24) is 20.2 Å². The maximum atomic E-state index is 11.6. The fourth-order valence-electron chi connectivity index (χ4n) is 4.34. The highest BCUT2D eigenvalue weighted by atomic mass is 32.2. The second kappa shape index (κ2) is 6.98. The number of nitro groups is 1. The second-order valence-corrected chi connectivity index (χ2v) is 9.47. The third-order valence-corrected chi connectivity index (χ3v) is 7.83. The van der Waals surface area contributed by atoms with Gasteiger partial charge in [0, 0.05) is 29.8 Å². The lowest BCUT2D eigenvalue weighted by molar-refractivity contribution is -0.387. The maximum absolute atomic E-state index is 11.6. The molecule has 0 unspecified atom stereocenters. The Morgan fingerprint density at radius 1 is 1.41 bits per heavy atom. The zero-order valence-electron chi connectivity index (χ0n) is 16.9. The summed E-state index contributed by atoms with van der Waals surface area (Å²) in [5.74, 6) is 0.572. The summed E-state index contributed by atoms with van der Waals surface area (Å²) in [4.78, 5) is 11.7. The van der Waals surface area contributed by atoms with Gasteiger partial charge in [-0.3, -0.25) is 15.5 Å². The quantitative estimate of drug-likeness (QED) is 0.435. The highest BCUT2D eigenvalue weighted by molar-refractivity contribution is 7.99. The number of nitro benzene ring substituents is 1. The van der Waals surface area contributed by atoms with Crippen molar-refractivity contribution in [3.05, 3.63) is 52.0 Å². The van der Waals surface area contributed by atoms with Gasteiger partial charge in [0.2, 0.25) is 0 Å². The van der Waals surface area contributed by atoms with Crippen molar-refractivity contribution in [2.24, 2.45) is 28.9 Å². The van der Waals surface area contributed by atoms with Gasteiger partial charge >= 0.3 is 0 Å². The van der Waals surface area contributed by atoms with Gasteiger partial charge < -0.3 is 4.57 Å². The molecule has 2 aromatic rings. The van der Waals surface area contributed by atoms with Gasteiger partial charge in [0.25, 0.3) is 5.69 Å². The number of fused-ring (bicyclic) bond motifs is 2. The van der Waals surface area contributed by atoms with E-state index in [1.807, 2.05) is 6.07 Å². The molecule has 0 saturated heterocycles. The van der Waals surface area contributed by atoms with E-state index in [4.69, 9.17) is 0 Å². The molecular weight excluding hydrogens is 388 g/mol. The Morgan fingerprint density at radius 2 is 2.21 bits per heavy atom. The second-order valence-electron chi connectivity index (χ2n) is 8.46. The highest BCUT2D eigenvalue weighted by Crippen LogP contribution is 2.64. The van der Waals surface area contributed by atoms with Crippen LogP contribution in [0.2, 0.25) is 0 Å². The molecule has 0 spiro atoms. The van der Waals surface area contributed by atoms with Crippen LogP contribution in [0.4, 0.5) is 5.69 Å². The van der Waals surface area contributed by atoms with Crippen LogP contribution in [0, 0.1) is 26.9 Å². The lowest BCUT2D eigenvalue weighted by atomic mass is 9.69. The van der Waals surface area contributed by atoms with Gasteiger partial charge in [0.05, 0.1) is 16.0 Å². The molecule has 1 N–H and O–H groups in total. The smallest absolute Gasteiger partial charge is 0.283 e. The number of hydrogen-bond donors (Lipinski definition) is 1. The fraction of sp³-hybridized carbons (Fsp3) is 0.450. The van der Waals surface area contributed by atoms with E-state index in [1.54, 1.807) is 30.2 Å². The molecule has 2 aliphatic rings. The number of aromatic nitrogens is 3. The van der Waals surface area contributed by atoms with E-state index in [0.29, 0.717) is 21.5 Å². The molecule has 0 radical (unpaired) electrons. The minimum Gasteiger partial charge on any atom is -0.311 e. The molecule has 152 valence electrons. The van der Waals surface area contributed by atoms with E-state index in [9.17, 15) is 10.1 Å². The minimum absolute atomic E-state index is 0.0224. The van der Waals surface area contributed by atoms with Crippen LogP contribution in [0.5, 0.6) is 0 Å². The van der Waals surface area contributed by atoms with E-state index >= 15 is 0 Å². The third-order valence-electron chi connectivity index (χ3n) is 6.72. The zero-order chi connectivity index (χ0) is 20.8. The molecule has 0 aliphatic heterocycles. The van der Waals surface area contributed by atoms with Crippen LogP contribution >= 0.6 is 11.8 Å². The van der Waals surface area contributed by atoms with Gasteiger partial charge in [-0.1, -0.05) is 32.9 Å². The first kappa shape index (κ1) is 19.6. The SMILES string of the molecule is Cn1cnnc1Sc1ccc(/C=N\NC2=C[C@@H]3CC[C@]2(C)C3(C)C)cc1[N+](=O)[O-]. The van der Waals surface area contributed by atoms with Crippen LogP contribution in [-0.4, -0.2) is 25.9 Å². The molecular formula is C20H24N6O2S. The molecule has 1 aromatic heterocycles. The van der Waals surface area contributed by atoms with Crippen molar-refractivity contribution in [2.45, 2.75) is 43.7 Å². The van der Waals surface area contributed by atoms with E-state index < -0.39 is 0 Å². The molecule has 2 atom stereocenters. The van der Waals surface area contributed by atoms with Crippen LogP contribution in [0.1, 0.15) is 39.2 Å². The number of allylic oxidation sites excluding steroid dienone is 2. The Balaban J connectivity index is 1.51. The summed E-state index contributed by atoms with van der Waals surface area (Å²) < 4.78 is 1.72. The largest absolute Gasteiger partial charge is 0.311 e. The van der Waals surface area contributed by atoms with Crippen LogP contribution in [0.3, 0.4) is 0 Å². The highest BCUT2D eigenvalue weighted by Gasteiger charge is 2.57. The molecule has 1 aromatic carbocycles. The topological polar surface area (TPSA) is 98.2 Å². The number of hydrazone groups is 1. The van der Waals surface area contributed by atoms with Crippen molar-refractivity contribution >= 4 is 23.7 Å². The minimum atomic E-state index is -0.383. The van der Waals surface area contributed by atoms with Gasteiger partial charge in [-0.15, -0.1) is 10.2 Å². The number of rotatable bonds is 6.